The van der Waals surface area contributed by atoms with E-state index in [0.717, 1.165) is 0 Å². The van der Waals surface area contributed by atoms with E-state index in [1.165, 1.54) is 19.2 Å². The summed E-state index contributed by atoms with van der Waals surface area (Å²) in [5.74, 6) is -1.67. The molecule has 0 aliphatic heterocycles. The monoisotopic (exact) mass is 386 g/mol. The summed E-state index contributed by atoms with van der Waals surface area (Å²) >= 11 is 0. The Morgan fingerprint density at radius 2 is 1.39 bits per heavy atom. The van der Waals surface area contributed by atoms with Crippen LogP contribution in [0, 0.1) is 0 Å². The van der Waals surface area contributed by atoms with Crippen molar-refractivity contribution in [2.45, 2.75) is 18.9 Å². The van der Waals surface area contributed by atoms with Crippen LogP contribution in [0.15, 0.2) is 48.5 Å². The molecule has 0 aromatic heterocycles. The summed E-state index contributed by atoms with van der Waals surface area (Å²) in [5, 5.41) is 24.5. The van der Waals surface area contributed by atoms with Gasteiger partial charge in [-0.1, -0.05) is 36.4 Å². The number of carbonyl (C=O) groups is 3. The number of rotatable bonds is 8. The number of hydrogen-bond acceptors (Lipinski definition) is 6. The maximum atomic E-state index is 12.2. The SMILES string of the molecule is COC(=O)[C@H](CNC(=O)Cc1ccccc1O)NC(=O)Cc1ccccc1O. The van der Waals surface area contributed by atoms with Gasteiger partial charge in [0.1, 0.15) is 17.5 Å². The summed E-state index contributed by atoms with van der Waals surface area (Å²) < 4.78 is 4.66. The number of phenols is 2. The van der Waals surface area contributed by atoms with Gasteiger partial charge in [-0.25, -0.2) is 4.79 Å². The van der Waals surface area contributed by atoms with Gasteiger partial charge in [0.15, 0.2) is 0 Å². The maximum Gasteiger partial charge on any atom is 0.330 e. The van der Waals surface area contributed by atoms with Crippen molar-refractivity contribution in [1.29, 1.82) is 0 Å². The molecule has 0 aliphatic carbocycles. The van der Waals surface area contributed by atoms with E-state index in [2.05, 4.69) is 15.4 Å². The van der Waals surface area contributed by atoms with Crippen LogP contribution in [-0.4, -0.2) is 47.7 Å². The molecule has 0 saturated carbocycles. The van der Waals surface area contributed by atoms with E-state index in [1.54, 1.807) is 36.4 Å². The number of ether oxygens (including phenoxy) is 1. The summed E-state index contributed by atoms with van der Waals surface area (Å²) in [4.78, 5) is 36.2. The number of phenolic OH excluding ortho intramolecular Hbond substituents is 2. The Bertz CT molecular complexity index is 852. The molecule has 0 fully saturated rings. The van der Waals surface area contributed by atoms with E-state index in [9.17, 15) is 24.6 Å². The van der Waals surface area contributed by atoms with E-state index in [1.807, 2.05) is 0 Å². The smallest absolute Gasteiger partial charge is 0.330 e. The van der Waals surface area contributed by atoms with Gasteiger partial charge < -0.3 is 25.6 Å². The Labute approximate surface area is 162 Å². The quantitative estimate of drug-likeness (QED) is 0.494. The average molecular weight is 386 g/mol. The Kier molecular flexibility index (Phi) is 7.38. The minimum atomic E-state index is -1.09. The van der Waals surface area contributed by atoms with E-state index >= 15 is 0 Å². The van der Waals surface area contributed by atoms with Crippen LogP contribution < -0.4 is 10.6 Å². The van der Waals surface area contributed by atoms with Crippen molar-refractivity contribution in [2.24, 2.45) is 0 Å². The molecule has 1 atom stereocenters. The lowest BCUT2D eigenvalue weighted by Crippen LogP contribution is -2.49. The van der Waals surface area contributed by atoms with Gasteiger partial charge in [0.05, 0.1) is 20.0 Å². The van der Waals surface area contributed by atoms with Crippen LogP contribution in [0.5, 0.6) is 11.5 Å². The van der Waals surface area contributed by atoms with Crippen LogP contribution >= 0.6 is 0 Å². The molecule has 0 spiro atoms. The zero-order chi connectivity index (χ0) is 20.5. The van der Waals surface area contributed by atoms with Gasteiger partial charge in [-0.2, -0.15) is 0 Å². The number of benzene rings is 2. The molecule has 2 rings (SSSR count). The highest BCUT2D eigenvalue weighted by atomic mass is 16.5. The van der Waals surface area contributed by atoms with Crippen LogP contribution in [0.25, 0.3) is 0 Å². The largest absolute Gasteiger partial charge is 0.508 e. The van der Waals surface area contributed by atoms with Crippen molar-refractivity contribution >= 4 is 17.8 Å². The van der Waals surface area contributed by atoms with E-state index in [-0.39, 0.29) is 30.9 Å². The number of esters is 1. The van der Waals surface area contributed by atoms with Crippen LogP contribution in [0.4, 0.5) is 0 Å². The van der Waals surface area contributed by atoms with Gasteiger partial charge in [-0.3, -0.25) is 9.59 Å². The highest BCUT2D eigenvalue weighted by Gasteiger charge is 2.23. The third-order valence-corrected chi connectivity index (χ3v) is 4.01. The normalized spacial score (nSPS) is 11.3. The molecule has 0 bridgehead atoms. The van der Waals surface area contributed by atoms with Crippen LogP contribution in [0.1, 0.15) is 11.1 Å². The number of methoxy groups -OCH3 is 1. The van der Waals surface area contributed by atoms with Crippen molar-refractivity contribution in [2.75, 3.05) is 13.7 Å². The molecule has 0 unspecified atom stereocenters. The Balaban J connectivity index is 1.93. The molecule has 0 radical (unpaired) electrons. The summed E-state index contributed by atoms with van der Waals surface area (Å²) in [6.45, 7) is -0.175. The van der Waals surface area contributed by atoms with Crippen molar-refractivity contribution < 1.29 is 29.3 Å². The predicted molar refractivity (Wildman–Crippen MR) is 101 cm³/mol. The van der Waals surface area contributed by atoms with E-state index in [4.69, 9.17) is 0 Å². The molecule has 4 N–H and O–H groups in total. The molecule has 0 saturated heterocycles. The molecular formula is C20H22N2O6. The first-order valence-electron chi connectivity index (χ1n) is 8.58. The maximum absolute atomic E-state index is 12.2. The minimum Gasteiger partial charge on any atom is -0.508 e. The second-order valence-electron chi connectivity index (χ2n) is 6.06. The first-order chi connectivity index (χ1) is 13.4. The number of amides is 2. The lowest BCUT2D eigenvalue weighted by Gasteiger charge is -2.17. The summed E-state index contributed by atoms with van der Waals surface area (Å²) in [7, 11) is 1.17. The molecule has 2 amide bonds. The van der Waals surface area contributed by atoms with Crippen LogP contribution in [0.3, 0.4) is 0 Å². The van der Waals surface area contributed by atoms with Crippen LogP contribution in [-0.2, 0) is 32.0 Å². The summed E-state index contributed by atoms with van der Waals surface area (Å²) in [5.41, 5.74) is 0.852. The minimum absolute atomic E-state index is 0.00172. The van der Waals surface area contributed by atoms with Crippen molar-refractivity contribution in [3.63, 3.8) is 0 Å². The first kappa shape index (κ1) is 20.8. The van der Waals surface area contributed by atoms with Crippen molar-refractivity contribution in [3.05, 3.63) is 59.7 Å². The third-order valence-electron chi connectivity index (χ3n) is 4.01. The van der Waals surface area contributed by atoms with Gasteiger partial charge in [0.25, 0.3) is 0 Å². The molecule has 2 aromatic rings. The van der Waals surface area contributed by atoms with Crippen molar-refractivity contribution in [1.82, 2.24) is 10.6 Å². The molecule has 28 heavy (non-hydrogen) atoms. The fraction of sp³-hybridized carbons (Fsp3) is 0.250. The number of hydrogen-bond donors (Lipinski definition) is 4. The van der Waals surface area contributed by atoms with E-state index < -0.39 is 23.8 Å². The first-order valence-corrected chi connectivity index (χ1v) is 8.58. The van der Waals surface area contributed by atoms with Gasteiger partial charge >= 0.3 is 5.97 Å². The molecule has 8 heteroatoms. The van der Waals surface area contributed by atoms with E-state index in [0.29, 0.717) is 11.1 Å². The lowest BCUT2D eigenvalue weighted by atomic mass is 10.1. The van der Waals surface area contributed by atoms with Crippen LogP contribution in [0.2, 0.25) is 0 Å². The predicted octanol–water partition coefficient (Wildman–Crippen LogP) is 0.657. The Morgan fingerprint density at radius 1 is 0.893 bits per heavy atom. The molecule has 148 valence electrons. The molecule has 8 nitrogen and oxygen atoms in total. The number of carbonyl (C=O) groups excluding carboxylic acids is 3. The third kappa shape index (κ3) is 6.01. The Morgan fingerprint density at radius 3 is 1.89 bits per heavy atom. The summed E-state index contributed by atoms with van der Waals surface area (Å²) in [6.07, 6.45) is -0.210. The number of nitrogens with one attached hydrogen (secondary N) is 2. The Hall–Kier alpha value is -3.55. The average Bonchev–Trinajstić information content (AvgIpc) is 2.68. The second kappa shape index (κ2) is 9.96. The molecule has 0 aliphatic rings. The zero-order valence-electron chi connectivity index (χ0n) is 15.3. The second-order valence-corrected chi connectivity index (χ2v) is 6.06. The highest BCUT2D eigenvalue weighted by Crippen LogP contribution is 2.16. The fourth-order valence-electron chi connectivity index (χ4n) is 2.53. The molecule has 0 heterocycles. The lowest BCUT2D eigenvalue weighted by molar-refractivity contribution is -0.145. The number of aromatic hydroxyl groups is 2. The molecular weight excluding hydrogens is 364 g/mol. The highest BCUT2D eigenvalue weighted by molar-refractivity contribution is 5.87. The van der Waals surface area contributed by atoms with Gasteiger partial charge in [-0.15, -0.1) is 0 Å². The summed E-state index contributed by atoms with van der Waals surface area (Å²) in [6, 6.07) is 11.7. The van der Waals surface area contributed by atoms with Crippen molar-refractivity contribution in [3.8, 4) is 11.5 Å². The molecule has 2 aromatic carbocycles. The van der Waals surface area contributed by atoms with Gasteiger partial charge in [0, 0.05) is 17.7 Å². The number of para-hydroxylation sites is 2. The van der Waals surface area contributed by atoms with Gasteiger partial charge in [-0.05, 0) is 12.1 Å². The van der Waals surface area contributed by atoms with Gasteiger partial charge in [0.2, 0.25) is 11.8 Å². The fourth-order valence-corrected chi connectivity index (χ4v) is 2.53. The topological polar surface area (TPSA) is 125 Å². The standard InChI is InChI=1S/C20H22N2O6/c1-28-20(27)15(22-19(26)11-14-7-3-5-9-17(14)24)12-21-18(25)10-13-6-2-4-8-16(13)23/h2-9,15,23-24H,10-12H2,1H3,(H,21,25)(H,22,26)/t15-/m0/s1. The zero-order valence-corrected chi connectivity index (χ0v) is 15.3.